The molecule has 0 aromatic carbocycles. The maximum Gasteiger partial charge on any atom is 0.0524 e. The fourth-order valence-corrected chi connectivity index (χ4v) is 1.10. The highest BCUT2D eigenvalue weighted by Gasteiger charge is 1.99. The summed E-state index contributed by atoms with van der Waals surface area (Å²) in [6, 6.07) is 0. The van der Waals surface area contributed by atoms with Crippen molar-refractivity contribution >= 4 is 15.9 Å². The summed E-state index contributed by atoms with van der Waals surface area (Å²) in [5.41, 5.74) is 0. The van der Waals surface area contributed by atoms with Gasteiger partial charge in [-0.1, -0.05) is 15.9 Å². The third kappa shape index (κ3) is 8.30. The fourth-order valence-electron chi connectivity index (χ4n) is 0.849. The molecule has 0 rings (SSSR count). The van der Waals surface area contributed by atoms with Crippen molar-refractivity contribution < 1.29 is 5.11 Å². The van der Waals surface area contributed by atoms with Crippen LogP contribution in [0, 0.1) is 0 Å². The second-order valence-corrected chi connectivity index (χ2v) is 3.78. The zero-order valence-corrected chi connectivity index (χ0v) is 8.97. The van der Waals surface area contributed by atoms with Crippen molar-refractivity contribution in [1.82, 2.24) is 4.90 Å². The van der Waals surface area contributed by atoms with E-state index in [0.717, 1.165) is 24.8 Å². The van der Waals surface area contributed by atoms with E-state index in [0.29, 0.717) is 0 Å². The van der Waals surface area contributed by atoms with Crippen LogP contribution in [-0.2, 0) is 0 Å². The number of aliphatic hydroxyl groups is 1. The lowest BCUT2D eigenvalue weighted by atomic mass is 10.3. The van der Waals surface area contributed by atoms with E-state index in [4.69, 9.17) is 5.11 Å². The van der Waals surface area contributed by atoms with Gasteiger partial charge in [0.1, 0.15) is 0 Å². The van der Waals surface area contributed by atoms with Crippen molar-refractivity contribution in [2.24, 2.45) is 0 Å². The van der Waals surface area contributed by atoms with E-state index >= 15 is 0 Å². The molecular formula is C8H18BrNO. The van der Waals surface area contributed by atoms with Crippen LogP contribution < -0.4 is 0 Å². The molecule has 1 N–H and O–H groups in total. The summed E-state index contributed by atoms with van der Waals surface area (Å²) in [6.45, 7) is 3.93. The zero-order chi connectivity index (χ0) is 8.69. The number of alkyl halides is 1. The average molecular weight is 224 g/mol. The van der Waals surface area contributed by atoms with Gasteiger partial charge in [-0.05, 0) is 33.4 Å². The molecule has 1 unspecified atom stereocenters. The van der Waals surface area contributed by atoms with Gasteiger partial charge in [-0.2, -0.15) is 0 Å². The molecule has 0 aliphatic heterocycles. The summed E-state index contributed by atoms with van der Waals surface area (Å²) < 4.78 is 0. The highest BCUT2D eigenvalue weighted by atomic mass is 79.9. The molecule has 2 nitrogen and oxygen atoms in total. The molecule has 1 atom stereocenters. The Morgan fingerprint density at radius 3 is 2.55 bits per heavy atom. The highest BCUT2D eigenvalue weighted by molar-refractivity contribution is 9.09. The highest BCUT2D eigenvalue weighted by Crippen LogP contribution is 1.95. The minimum Gasteiger partial charge on any atom is -0.393 e. The molecule has 0 aliphatic rings. The Balaban J connectivity index is 3.15. The number of nitrogens with zero attached hydrogens (tertiary/aromatic N) is 1. The summed E-state index contributed by atoms with van der Waals surface area (Å²) in [5.74, 6) is 0. The Morgan fingerprint density at radius 2 is 2.09 bits per heavy atom. The molecule has 0 fully saturated rings. The van der Waals surface area contributed by atoms with Crippen LogP contribution in [0.2, 0.25) is 0 Å². The van der Waals surface area contributed by atoms with Crippen LogP contribution in [0.15, 0.2) is 0 Å². The SMILES string of the molecule is CC(O)CCN(C)CCCBr. The Hall–Kier alpha value is 0.400. The first-order chi connectivity index (χ1) is 5.16. The van der Waals surface area contributed by atoms with Gasteiger partial charge in [-0.25, -0.2) is 0 Å². The molecule has 0 bridgehead atoms. The maximum atomic E-state index is 8.99. The van der Waals surface area contributed by atoms with Crippen LogP contribution in [0.3, 0.4) is 0 Å². The van der Waals surface area contributed by atoms with E-state index in [-0.39, 0.29) is 6.10 Å². The Bertz CT molecular complexity index is 88.2. The van der Waals surface area contributed by atoms with Crippen LogP contribution in [-0.4, -0.2) is 41.6 Å². The van der Waals surface area contributed by atoms with E-state index in [9.17, 15) is 0 Å². The molecule has 0 aliphatic carbocycles. The number of aliphatic hydroxyl groups excluding tert-OH is 1. The van der Waals surface area contributed by atoms with Crippen LogP contribution in [0.5, 0.6) is 0 Å². The van der Waals surface area contributed by atoms with Crippen LogP contribution in [0.4, 0.5) is 0 Å². The first-order valence-corrected chi connectivity index (χ1v) is 5.21. The van der Waals surface area contributed by atoms with Gasteiger partial charge in [0.15, 0.2) is 0 Å². The van der Waals surface area contributed by atoms with Crippen LogP contribution >= 0.6 is 15.9 Å². The van der Waals surface area contributed by atoms with Gasteiger partial charge in [0.05, 0.1) is 6.10 Å². The number of hydrogen-bond acceptors (Lipinski definition) is 2. The first kappa shape index (κ1) is 11.4. The summed E-state index contributed by atoms with van der Waals surface area (Å²) >= 11 is 3.38. The minimum atomic E-state index is -0.165. The van der Waals surface area contributed by atoms with Crippen molar-refractivity contribution in [2.45, 2.75) is 25.9 Å². The minimum absolute atomic E-state index is 0.165. The fraction of sp³-hybridized carbons (Fsp3) is 1.00. The lowest BCUT2D eigenvalue weighted by molar-refractivity contribution is 0.164. The van der Waals surface area contributed by atoms with Crippen LogP contribution in [0.1, 0.15) is 19.8 Å². The lowest BCUT2D eigenvalue weighted by Crippen LogP contribution is -2.23. The molecule has 11 heavy (non-hydrogen) atoms. The molecule has 0 radical (unpaired) electrons. The van der Waals surface area contributed by atoms with E-state index < -0.39 is 0 Å². The topological polar surface area (TPSA) is 23.5 Å². The molecule has 0 aromatic heterocycles. The van der Waals surface area contributed by atoms with Crippen molar-refractivity contribution in [3.63, 3.8) is 0 Å². The van der Waals surface area contributed by atoms with E-state index in [2.05, 4.69) is 27.9 Å². The number of halogens is 1. The van der Waals surface area contributed by atoms with Gasteiger partial charge in [0, 0.05) is 11.9 Å². The first-order valence-electron chi connectivity index (χ1n) is 4.09. The molecule has 0 heterocycles. The van der Waals surface area contributed by atoms with E-state index in [1.54, 1.807) is 0 Å². The monoisotopic (exact) mass is 223 g/mol. The third-order valence-corrected chi connectivity index (χ3v) is 2.16. The van der Waals surface area contributed by atoms with E-state index in [1.807, 2.05) is 6.92 Å². The molecule has 3 heteroatoms. The average Bonchev–Trinajstić information content (AvgIpc) is 1.97. The van der Waals surface area contributed by atoms with E-state index in [1.165, 1.54) is 6.42 Å². The quantitative estimate of drug-likeness (QED) is 0.690. The molecule has 0 amide bonds. The number of hydrogen-bond donors (Lipinski definition) is 1. The predicted octanol–water partition coefficient (Wildman–Crippen LogP) is 1.47. The van der Waals surface area contributed by atoms with Crippen LogP contribution in [0.25, 0.3) is 0 Å². The van der Waals surface area contributed by atoms with Crippen molar-refractivity contribution in [3.8, 4) is 0 Å². The standard InChI is InChI=1S/C8H18BrNO/c1-8(11)4-7-10(2)6-3-5-9/h8,11H,3-7H2,1-2H3. The van der Waals surface area contributed by atoms with Gasteiger partial charge in [-0.3, -0.25) is 0 Å². The summed E-state index contributed by atoms with van der Waals surface area (Å²) in [5, 5.41) is 10.1. The summed E-state index contributed by atoms with van der Waals surface area (Å²) in [7, 11) is 2.09. The lowest BCUT2D eigenvalue weighted by Gasteiger charge is -2.16. The molecule has 0 spiro atoms. The van der Waals surface area contributed by atoms with Crippen molar-refractivity contribution in [1.29, 1.82) is 0 Å². The molecule has 0 saturated carbocycles. The Morgan fingerprint density at radius 1 is 1.45 bits per heavy atom. The maximum absolute atomic E-state index is 8.99. The zero-order valence-electron chi connectivity index (χ0n) is 7.39. The largest absolute Gasteiger partial charge is 0.393 e. The molecule has 0 aromatic rings. The molecule has 68 valence electrons. The van der Waals surface area contributed by atoms with Gasteiger partial charge < -0.3 is 10.0 Å². The molecule has 0 saturated heterocycles. The van der Waals surface area contributed by atoms with Crippen molar-refractivity contribution in [3.05, 3.63) is 0 Å². The summed E-state index contributed by atoms with van der Waals surface area (Å²) in [4.78, 5) is 2.24. The van der Waals surface area contributed by atoms with Gasteiger partial charge in [-0.15, -0.1) is 0 Å². The second-order valence-electron chi connectivity index (χ2n) is 2.98. The van der Waals surface area contributed by atoms with Crippen molar-refractivity contribution in [2.75, 3.05) is 25.5 Å². The normalized spacial score (nSPS) is 13.9. The van der Waals surface area contributed by atoms with Gasteiger partial charge in [0.25, 0.3) is 0 Å². The van der Waals surface area contributed by atoms with Gasteiger partial charge in [0.2, 0.25) is 0 Å². The Labute approximate surface area is 77.7 Å². The predicted molar refractivity (Wildman–Crippen MR) is 52.2 cm³/mol. The molecular weight excluding hydrogens is 206 g/mol. The Kier molecular flexibility index (Phi) is 7.33. The van der Waals surface area contributed by atoms with Gasteiger partial charge >= 0.3 is 0 Å². The smallest absolute Gasteiger partial charge is 0.0524 e. The number of rotatable bonds is 6. The second kappa shape index (κ2) is 7.07. The summed E-state index contributed by atoms with van der Waals surface area (Å²) in [6.07, 6.45) is 1.89. The third-order valence-electron chi connectivity index (χ3n) is 1.60.